The molecule has 0 spiro atoms. The lowest BCUT2D eigenvalue weighted by Crippen LogP contribution is -2.54. The van der Waals surface area contributed by atoms with Gasteiger partial charge in [-0.1, -0.05) is 13.0 Å². The molecular weight excluding hydrogens is 463 g/mol. The van der Waals surface area contributed by atoms with Crippen molar-refractivity contribution in [1.29, 1.82) is 0 Å². The zero-order valence-corrected chi connectivity index (χ0v) is 19.0. The molecule has 3 rings (SSSR count). The number of alkyl halides is 3. The van der Waals surface area contributed by atoms with Crippen molar-refractivity contribution in [3.63, 3.8) is 0 Å². The van der Waals surface area contributed by atoms with Crippen LogP contribution in [0.15, 0.2) is 42.5 Å². The smallest absolute Gasteiger partial charge is 0.420 e. The third-order valence-electron chi connectivity index (χ3n) is 5.22. The second-order valence-corrected chi connectivity index (χ2v) is 8.75. The normalized spacial score (nSPS) is 14.7. The lowest BCUT2D eigenvalue weighted by atomic mass is 9.87. The zero-order valence-electron chi connectivity index (χ0n) is 18.1. The van der Waals surface area contributed by atoms with Crippen LogP contribution < -0.4 is 10.1 Å². The number of aryl methyl sites for hydroxylation is 1. The number of hydrogen-bond acceptors (Lipinski definition) is 5. The monoisotopic (exact) mass is 486 g/mol. The first-order valence-corrected chi connectivity index (χ1v) is 11.2. The van der Waals surface area contributed by atoms with E-state index in [9.17, 15) is 27.1 Å². The van der Waals surface area contributed by atoms with E-state index in [1.54, 1.807) is 38.1 Å². The van der Waals surface area contributed by atoms with Crippen molar-refractivity contribution in [2.75, 3.05) is 23.9 Å². The fraction of sp³-hybridized carbons (Fsp3) is 0.348. The molecule has 0 radical (unpaired) electrons. The molecule has 1 aromatic heterocycles. The highest BCUT2D eigenvalue weighted by Crippen LogP contribution is 2.47. The lowest BCUT2D eigenvalue weighted by molar-refractivity contribution is -0.256. The molecule has 2 unspecified atom stereocenters. The van der Waals surface area contributed by atoms with Crippen LogP contribution in [-0.4, -0.2) is 40.5 Å². The highest BCUT2D eigenvalue weighted by atomic mass is 32.2. The summed E-state index contributed by atoms with van der Waals surface area (Å²) in [6, 6.07) is 7.40. The molecule has 0 bridgehead atoms. The molecule has 0 aliphatic carbocycles. The van der Waals surface area contributed by atoms with Crippen LogP contribution in [0.2, 0.25) is 0 Å². The van der Waals surface area contributed by atoms with Gasteiger partial charge in [0, 0.05) is 34.2 Å². The Morgan fingerprint density at radius 2 is 1.88 bits per heavy atom. The quantitative estimate of drug-likeness (QED) is 0.381. The number of aromatic nitrogens is 1. The van der Waals surface area contributed by atoms with Gasteiger partial charge in [-0.3, -0.25) is 4.98 Å². The predicted octanol–water partition coefficient (Wildman–Crippen LogP) is 6.03. The molecule has 0 aliphatic heterocycles. The number of methoxy groups -OCH3 is 1. The molecule has 2 N–H and O–H groups in total. The Morgan fingerprint density at radius 1 is 1.15 bits per heavy atom. The number of thioether (sulfide) groups is 1. The number of ether oxygens (including phenoxy) is 1. The van der Waals surface area contributed by atoms with Crippen LogP contribution in [0.5, 0.6) is 5.75 Å². The minimum atomic E-state index is -5.14. The number of pyridine rings is 1. The largest absolute Gasteiger partial charge is 0.493 e. The molecule has 1 heterocycles. The van der Waals surface area contributed by atoms with E-state index in [2.05, 4.69) is 10.3 Å². The number of nitrogens with one attached hydrogen (secondary N) is 1. The fourth-order valence-corrected chi connectivity index (χ4v) is 4.43. The van der Waals surface area contributed by atoms with Gasteiger partial charge >= 0.3 is 6.18 Å². The molecule has 10 heteroatoms. The molecule has 0 amide bonds. The van der Waals surface area contributed by atoms with E-state index in [0.29, 0.717) is 22.7 Å². The first-order valence-electron chi connectivity index (χ1n) is 10.0. The number of aliphatic hydroxyl groups is 1. The van der Waals surface area contributed by atoms with Crippen LogP contribution in [0.4, 0.5) is 27.6 Å². The second-order valence-electron chi connectivity index (χ2n) is 7.47. The highest BCUT2D eigenvalue weighted by molar-refractivity contribution is 7.99. The fourth-order valence-electron chi connectivity index (χ4n) is 3.59. The Balaban J connectivity index is 2.27. The Morgan fingerprint density at radius 3 is 2.52 bits per heavy atom. The van der Waals surface area contributed by atoms with Crippen molar-refractivity contribution in [1.82, 2.24) is 4.98 Å². The molecule has 0 saturated carbocycles. The van der Waals surface area contributed by atoms with Gasteiger partial charge in [-0.05, 0) is 43.0 Å². The van der Waals surface area contributed by atoms with Gasteiger partial charge in [0.05, 0.1) is 18.7 Å². The van der Waals surface area contributed by atoms with E-state index in [-0.39, 0.29) is 11.4 Å². The first kappa shape index (κ1) is 25.0. The number of hydrogen-bond donors (Lipinski definition) is 2. The maximum Gasteiger partial charge on any atom is 0.420 e. The second kappa shape index (κ2) is 9.72. The van der Waals surface area contributed by atoms with Gasteiger partial charge in [-0.15, -0.1) is 0 Å². The molecule has 0 aliphatic rings. The number of benzene rings is 2. The first-order chi connectivity index (χ1) is 15.5. The van der Waals surface area contributed by atoms with Crippen LogP contribution in [-0.2, 0) is 0 Å². The Labute approximate surface area is 192 Å². The molecule has 4 nitrogen and oxygen atoms in total. The van der Waals surface area contributed by atoms with Crippen LogP contribution in [0.3, 0.4) is 0 Å². The molecule has 33 heavy (non-hydrogen) atoms. The molecular formula is C23H23F5N2O2S. The SMILES string of the molecule is CCSCC(O)(C(Nc1cccc2nc(C)ccc12)c1cc(F)cc(F)c1OC)C(F)(F)F. The molecule has 0 saturated heterocycles. The summed E-state index contributed by atoms with van der Waals surface area (Å²) < 4.78 is 76.6. The summed E-state index contributed by atoms with van der Waals surface area (Å²) in [6.45, 7) is 3.41. The average molecular weight is 487 g/mol. The van der Waals surface area contributed by atoms with Gasteiger partial charge in [0.25, 0.3) is 0 Å². The van der Waals surface area contributed by atoms with Crippen molar-refractivity contribution in [3.05, 3.63) is 65.4 Å². The van der Waals surface area contributed by atoms with Crippen molar-refractivity contribution in [2.24, 2.45) is 0 Å². The molecule has 2 aromatic carbocycles. The number of nitrogens with zero attached hydrogens (tertiary/aromatic N) is 1. The van der Waals surface area contributed by atoms with Crippen molar-refractivity contribution < 1.29 is 31.8 Å². The van der Waals surface area contributed by atoms with Gasteiger partial charge < -0.3 is 15.2 Å². The summed E-state index contributed by atoms with van der Waals surface area (Å²) in [4.78, 5) is 4.37. The Kier molecular flexibility index (Phi) is 7.38. The molecule has 0 fully saturated rings. The van der Waals surface area contributed by atoms with Crippen molar-refractivity contribution in [2.45, 2.75) is 31.7 Å². The van der Waals surface area contributed by atoms with E-state index < -0.39 is 46.5 Å². The number of halogens is 5. The summed E-state index contributed by atoms with van der Waals surface area (Å²) >= 11 is 0.852. The summed E-state index contributed by atoms with van der Waals surface area (Å²) in [5.74, 6) is -3.35. The minimum absolute atomic E-state index is 0.209. The zero-order chi connectivity index (χ0) is 24.4. The van der Waals surface area contributed by atoms with Gasteiger partial charge in [0.2, 0.25) is 0 Å². The predicted molar refractivity (Wildman–Crippen MR) is 120 cm³/mol. The molecule has 3 aromatic rings. The van der Waals surface area contributed by atoms with E-state index in [1.165, 1.54) is 6.07 Å². The number of anilines is 1. The Hall–Kier alpha value is -2.59. The summed E-state index contributed by atoms with van der Waals surface area (Å²) in [6.07, 6.45) is -5.14. The van der Waals surface area contributed by atoms with E-state index in [0.717, 1.165) is 24.9 Å². The standard InChI is InChI=1S/C23H23F5N2O2S/c1-4-33-12-22(31,23(26,27)28)21(16-10-14(24)11-17(25)20(16)32-3)30-19-7-5-6-18-15(19)9-8-13(2)29-18/h5-11,21,30-31H,4,12H2,1-3H3. The summed E-state index contributed by atoms with van der Waals surface area (Å²) in [7, 11) is 1.06. The molecule has 178 valence electrons. The van der Waals surface area contributed by atoms with Gasteiger partial charge in [0.15, 0.2) is 17.2 Å². The van der Waals surface area contributed by atoms with E-state index in [1.807, 2.05) is 0 Å². The third kappa shape index (κ3) is 5.01. The van der Waals surface area contributed by atoms with Crippen LogP contribution in [0.25, 0.3) is 10.9 Å². The van der Waals surface area contributed by atoms with Gasteiger partial charge in [-0.2, -0.15) is 24.9 Å². The van der Waals surface area contributed by atoms with Crippen LogP contribution in [0, 0.1) is 18.6 Å². The summed E-state index contributed by atoms with van der Waals surface area (Å²) in [5.41, 5.74) is -2.46. The lowest BCUT2D eigenvalue weighted by Gasteiger charge is -2.39. The van der Waals surface area contributed by atoms with E-state index >= 15 is 0 Å². The molecule has 2 atom stereocenters. The maximum absolute atomic E-state index is 14.5. The number of rotatable bonds is 8. The van der Waals surface area contributed by atoms with Gasteiger partial charge in [0.1, 0.15) is 5.82 Å². The highest BCUT2D eigenvalue weighted by Gasteiger charge is 2.59. The van der Waals surface area contributed by atoms with Crippen molar-refractivity contribution >= 4 is 28.4 Å². The van der Waals surface area contributed by atoms with Crippen molar-refractivity contribution in [3.8, 4) is 5.75 Å². The third-order valence-corrected chi connectivity index (χ3v) is 6.27. The number of fused-ring (bicyclic) bond motifs is 1. The Bertz CT molecular complexity index is 1140. The average Bonchev–Trinajstić information content (AvgIpc) is 2.74. The maximum atomic E-state index is 14.5. The minimum Gasteiger partial charge on any atom is -0.493 e. The summed E-state index contributed by atoms with van der Waals surface area (Å²) in [5, 5.41) is 14.2. The van der Waals surface area contributed by atoms with Gasteiger partial charge in [-0.25, -0.2) is 8.78 Å². The van der Waals surface area contributed by atoms with Crippen LogP contribution >= 0.6 is 11.8 Å². The van der Waals surface area contributed by atoms with Crippen LogP contribution in [0.1, 0.15) is 24.2 Å². The van der Waals surface area contributed by atoms with E-state index in [4.69, 9.17) is 4.74 Å². The topological polar surface area (TPSA) is 54.4 Å².